The molecule has 1 atom stereocenters. The number of benzene rings is 2. The van der Waals surface area contributed by atoms with E-state index in [-0.39, 0.29) is 11.8 Å². The van der Waals surface area contributed by atoms with Crippen molar-refractivity contribution in [3.05, 3.63) is 72.1 Å². The first kappa shape index (κ1) is 23.2. The van der Waals surface area contributed by atoms with Crippen LogP contribution in [0, 0.1) is 0 Å². The third-order valence-electron chi connectivity index (χ3n) is 7.16. The average Bonchev–Trinajstić information content (AvgIpc) is 3.47. The van der Waals surface area contributed by atoms with E-state index in [4.69, 9.17) is 5.73 Å². The Hall–Kier alpha value is -3.58. The Morgan fingerprint density at radius 3 is 2.29 bits per heavy atom. The second-order valence-electron chi connectivity index (χ2n) is 10.2. The number of fused-ring (bicyclic) bond motifs is 2. The third-order valence-corrected chi connectivity index (χ3v) is 7.16. The summed E-state index contributed by atoms with van der Waals surface area (Å²) in [6.07, 6.45) is 6.23. The van der Waals surface area contributed by atoms with Crippen LogP contribution in [-0.2, 0) is 16.0 Å². The number of hydrogen-bond acceptors (Lipinski definition) is 3. The van der Waals surface area contributed by atoms with E-state index in [1.165, 1.54) is 10.9 Å². The van der Waals surface area contributed by atoms with E-state index >= 15 is 0 Å². The largest absolute Gasteiger partial charge is 0.361 e. The van der Waals surface area contributed by atoms with Gasteiger partial charge in [0.15, 0.2) is 0 Å². The van der Waals surface area contributed by atoms with Crippen LogP contribution in [0.3, 0.4) is 0 Å². The molecule has 1 fully saturated rings. The maximum absolute atomic E-state index is 13.7. The fourth-order valence-corrected chi connectivity index (χ4v) is 5.13. The summed E-state index contributed by atoms with van der Waals surface area (Å²) in [6, 6.07) is 15.7. The Morgan fingerprint density at radius 1 is 1.00 bits per heavy atom. The predicted octanol–water partition coefficient (Wildman–Crippen LogP) is 3.82. The molecule has 2 amide bonds. The van der Waals surface area contributed by atoms with Crippen molar-refractivity contribution in [1.82, 2.24) is 20.2 Å². The third kappa shape index (κ3) is 4.68. The second kappa shape index (κ2) is 9.23. The Labute approximate surface area is 205 Å². The molecule has 1 saturated heterocycles. The van der Waals surface area contributed by atoms with E-state index in [0.717, 1.165) is 34.8 Å². The van der Waals surface area contributed by atoms with Gasteiger partial charge in [0, 0.05) is 53.7 Å². The highest BCUT2D eigenvalue weighted by atomic mass is 16.2. The number of carbonyl (C=O) groups excluding carboxylic acids is 2. The number of piperidine rings is 1. The molecule has 0 spiro atoms. The van der Waals surface area contributed by atoms with Crippen molar-refractivity contribution >= 4 is 33.6 Å². The molecule has 7 nitrogen and oxygen atoms in total. The van der Waals surface area contributed by atoms with E-state index in [1.807, 2.05) is 41.4 Å². The van der Waals surface area contributed by atoms with Gasteiger partial charge in [-0.1, -0.05) is 36.4 Å². The number of nitrogens with two attached hydrogens (primary N) is 1. The lowest BCUT2D eigenvalue weighted by Crippen LogP contribution is -2.57. The van der Waals surface area contributed by atoms with Crippen LogP contribution < -0.4 is 11.1 Å². The lowest BCUT2D eigenvalue weighted by molar-refractivity contribution is -0.138. The molecule has 2 aromatic heterocycles. The zero-order valence-corrected chi connectivity index (χ0v) is 20.3. The summed E-state index contributed by atoms with van der Waals surface area (Å²) in [5.41, 5.74) is 9.45. The lowest BCUT2D eigenvalue weighted by atomic mass is 9.88. The van der Waals surface area contributed by atoms with Gasteiger partial charge in [-0.2, -0.15) is 0 Å². The van der Waals surface area contributed by atoms with Crippen molar-refractivity contribution in [2.24, 2.45) is 5.73 Å². The number of nitrogens with one attached hydrogen (secondary N) is 3. The van der Waals surface area contributed by atoms with Gasteiger partial charge in [0.2, 0.25) is 11.8 Å². The Bertz CT molecular complexity index is 1350. The minimum atomic E-state index is -1.07. The van der Waals surface area contributed by atoms with E-state index < -0.39 is 11.6 Å². The van der Waals surface area contributed by atoms with Crippen LogP contribution in [0.25, 0.3) is 21.8 Å². The Balaban J connectivity index is 1.33. The molecule has 0 aliphatic carbocycles. The maximum Gasteiger partial charge on any atom is 0.245 e. The summed E-state index contributed by atoms with van der Waals surface area (Å²) in [5, 5.41) is 5.26. The molecule has 7 heteroatoms. The van der Waals surface area contributed by atoms with E-state index in [1.54, 1.807) is 13.8 Å². The summed E-state index contributed by atoms with van der Waals surface area (Å²) in [6.45, 7) is 4.63. The number of likely N-dealkylation sites (tertiary alicyclic amines) is 1. The topological polar surface area (TPSA) is 107 Å². The number of nitrogens with zero attached hydrogens (tertiary/aromatic N) is 1. The molecule has 1 aliphatic heterocycles. The highest BCUT2D eigenvalue weighted by Gasteiger charge is 2.33. The smallest absolute Gasteiger partial charge is 0.245 e. The Morgan fingerprint density at radius 2 is 1.60 bits per heavy atom. The van der Waals surface area contributed by atoms with Crippen molar-refractivity contribution in [2.75, 3.05) is 13.1 Å². The van der Waals surface area contributed by atoms with Gasteiger partial charge in [-0.3, -0.25) is 9.59 Å². The number of hydrogen-bond donors (Lipinski definition) is 4. The van der Waals surface area contributed by atoms with E-state index in [0.29, 0.717) is 25.4 Å². The van der Waals surface area contributed by atoms with Crippen molar-refractivity contribution in [3.8, 4) is 0 Å². The number of rotatable bonds is 6. The van der Waals surface area contributed by atoms with Crippen molar-refractivity contribution in [3.63, 3.8) is 0 Å². The molecule has 0 bridgehead atoms. The first-order chi connectivity index (χ1) is 16.8. The molecule has 35 heavy (non-hydrogen) atoms. The van der Waals surface area contributed by atoms with Crippen molar-refractivity contribution in [2.45, 2.75) is 50.6 Å². The molecule has 0 unspecified atom stereocenters. The van der Waals surface area contributed by atoms with Crippen LogP contribution in [0.1, 0.15) is 43.7 Å². The van der Waals surface area contributed by atoms with Crippen LogP contribution in [0.2, 0.25) is 0 Å². The molecule has 1 aliphatic rings. The van der Waals surface area contributed by atoms with Gasteiger partial charge in [-0.05, 0) is 55.9 Å². The summed E-state index contributed by atoms with van der Waals surface area (Å²) in [5.74, 6) is 0.0226. The number of aromatic nitrogens is 2. The highest BCUT2D eigenvalue weighted by Crippen LogP contribution is 2.33. The Kier molecular flexibility index (Phi) is 6.11. The van der Waals surface area contributed by atoms with E-state index in [2.05, 4.69) is 39.7 Å². The predicted molar refractivity (Wildman–Crippen MR) is 139 cm³/mol. The molecule has 5 N–H and O–H groups in total. The lowest BCUT2D eigenvalue weighted by Gasteiger charge is -2.35. The SMILES string of the molecule is CC(C)(N)C(=O)N[C@H](Cc1c[nH]c2ccccc12)C(=O)N1CCC(c2c[nH]c3ccccc23)CC1. The highest BCUT2D eigenvalue weighted by molar-refractivity contribution is 5.92. The van der Waals surface area contributed by atoms with Crippen LogP contribution in [0.15, 0.2) is 60.9 Å². The molecular formula is C28H33N5O2. The second-order valence-corrected chi connectivity index (χ2v) is 10.2. The van der Waals surface area contributed by atoms with Gasteiger partial charge in [0.25, 0.3) is 0 Å². The number of carbonyl (C=O) groups is 2. The minimum Gasteiger partial charge on any atom is -0.361 e. The first-order valence-electron chi connectivity index (χ1n) is 12.3. The molecule has 3 heterocycles. The van der Waals surface area contributed by atoms with Gasteiger partial charge < -0.3 is 25.9 Å². The van der Waals surface area contributed by atoms with Gasteiger partial charge in [-0.25, -0.2) is 0 Å². The standard InChI is InChI=1S/C28H33N5O2/c1-28(2,29)27(35)32-25(15-19-16-30-23-9-5-3-7-20(19)23)26(34)33-13-11-18(12-14-33)22-17-31-24-10-6-4-8-21(22)24/h3-10,16-18,25,30-31H,11-15,29H2,1-2H3,(H,32,35)/t25-/m1/s1. The fraction of sp³-hybridized carbons (Fsp3) is 0.357. The summed E-state index contributed by atoms with van der Waals surface area (Å²) in [4.78, 5) is 35.0. The monoisotopic (exact) mass is 471 g/mol. The van der Waals surface area contributed by atoms with Gasteiger partial charge in [0.05, 0.1) is 5.54 Å². The van der Waals surface area contributed by atoms with Crippen LogP contribution in [0.5, 0.6) is 0 Å². The van der Waals surface area contributed by atoms with E-state index in [9.17, 15) is 9.59 Å². The molecular weight excluding hydrogens is 438 g/mol. The summed E-state index contributed by atoms with van der Waals surface area (Å²) >= 11 is 0. The first-order valence-corrected chi connectivity index (χ1v) is 12.3. The number of para-hydroxylation sites is 2. The van der Waals surface area contributed by atoms with Gasteiger partial charge >= 0.3 is 0 Å². The van der Waals surface area contributed by atoms with Crippen molar-refractivity contribution < 1.29 is 9.59 Å². The summed E-state index contributed by atoms with van der Waals surface area (Å²) in [7, 11) is 0. The van der Waals surface area contributed by atoms with Gasteiger partial charge in [0.1, 0.15) is 6.04 Å². The summed E-state index contributed by atoms with van der Waals surface area (Å²) < 4.78 is 0. The normalized spacial score (nSPS) is 16.0. The van der Waals surface area contributed by atoms with Crippen LogP contribution in [0.4, 0.5) is 0 Å². The maximum atomic E-state index is 13.7. The molecule has 0 radical (unpaired) electrons. The molecule has 2 aromatic carbocycles. The van der Waals surface area contributed by atoms with Crippen molar-refractivity contribution in [1.29, 1.82) is 0 Å². The van der Waals surface area contributed by atoms with Gasteiger partial charge in [-0.15, -0.1) is 0 Å². The average molecular weight is 472 g/mol. The number of H-pyrrole nitrogens is 2. The zero-order chi connectivity index (χ0) is 24.6. The molecule has 4 aromatic rings. The van der Waals surface area contributed by atoms with Crippen LogP contribution >= 0.6 is 0 Å². The quantitative estimate of drug-likeness (QED) is 0.343. The fourth-order valence-electron chi connectivity index (χ4n) is 5.13. The van der Waals surface area contributed by atoms with Crippen LogP contribution in [-0.4, -0.2) is 51.4 Å². The minimum absolute atomic E-state index is 0.0507. The molecule has 5 rings (SSSR count). The number of aromatic amines is 2. The zero-order valence-electron chi connectivity index (χ0n) is 20.3. The molecule has 182 valence electrons. The number of amides is 2. The molecule has 0 saturated carbocycles.